The molecule has 0 heterocycles. The van der Waals surface area contributed by atoms with Crippen LogP contribution in [0.25, 0.3) is 0 Å². The van der Waals surface area contributed by atoms with Gasteiger partial charge in [-0.15, -0.1) is 0 Å². The maximum absolute atomic E-state index is 14.0. The summed E-state index contributed by atoms with van der Waals surface area (Å²) in [7, 11) is 0. The minimum atomic E-state index is -0.531. The van der Waals surface area contributed by atoms with Gasteiger partial charge in [0.05, 0.1) is 0 Å². The molecule has 30 heavy (non-hydrogen) atoms. The Hall–Kier alpha value is -0.0700. The van der Waals surface area contributed by atoms with E-state index < -0.39 is 6.17 Å². The van der Waals surface area contributed by atoms with Crippen molar-refractivity contribution in [2.45, 2.75) is 187 Å². The predicted molar refractivity (Wildman–Crippen MR) is 136 cm³/mol. The molecule has 1 heteroatoms. The van der Waals surface area contributed by atoms with Gasteiger partial charge in [-0.05, 0) is 12.8 Å². The van der Waals surface area contributed by atoms with Gasteiger partial charge in [-0.25, -0.2) is 4.39 Å². The maximum atomic E-state index is 14.0. The molecule has 0 amide bonds. The van der Waals surface area contributed by atoms with E-state index in [2.05, 4.69) is 13.8 Å². The summed E-state index contributed by atoms with van der Waals surface area (Å²) in [5.74, 6) is 0. The summed E-state index contributed by atoms with van der Waals surface area (Å²) in [6.45, 7) is 4.56. The normalized spacial score (nSPS) is 12.5. The van der Waals surface area contributed by atoms with Crippen molar-refractivity contribution in [2.24, 2.45) is 0 Å². The van der Waals surface area contributed by atoms with Crippen LogP contribution < -0.4 is 0 Å². The Kier molecular flexibility index (Phi) is 26.9. The Labute approximate surface area is 191 Å². The molecule has 0 saturated carbocycles. The molecule has 0 aromatic carbocycles. The zero-order valence-corrected chi connectivity index (χ0v) is 21.3. The SMILES string of the molecule is CCCCCCCCCCCCCCCCCC(F)CCCCCCCCCCC. The number of hydrogen-bond donors (Lipinski definition) is 0. The van der Waals surface area contributed by atoms with E-state index in [0.29, 0.717) is 0 Å². The number of hydrogen-bond acceptors (Lipinski definition) is 0. The molecule has 0 radical (unpaired) electrons. The van der Waals surface area contributed by atoms with Gasteiger partial charge in [0.1, 0.15) is 6.17 Å². The Balaban J connectivity index is 3.12. The van der Waals surface area contributed by atoms with E-state index in [9.17, 15) is 4.39 Å². The molecule has 0 aliphatic heterocycles. The Morgan fingerprint density at radius 1 is 0.333 bits per heavy atom. The van der Waals surface area contributed by atoms with Crippen molar-refractivity contribution >= 4 is 0 Å². The molecule has 0 aromatic rings. The highest BCUT2D eigenvalue weighted by Gasteiger charge is 2.05. The van der Waals surface area contributed by atoms with Crippen LogP contribution in [-0.2, 0) is 0 Å². The highest BCUT2D eigenvalue weighted by molar-refractivity contribution is 4.58. The van der Waals surface area contributed by atoms with Crippen LogP contribution >= 0.6 is 0 Å². The molecule has 0 aliphatic rings. The van der Waals surface area contributed by atoms with Crippen LogP contribution in [0.15, 0.2) is 0 Å². The van der Waals surface area contributed by atoms with Crippen LogP contribution in [0.4, 0.5) is 4.39 Å². The molecule has 0 N–H and O–H groups in total. The van der Waals surface area contributed by atoms with Crippen LogP contribution in [-0.4, -0.2) is 6.17 Å². The van der Waals surface area contributed by atoms with Crippen molar-refractivity contribution in [1.29, 1.82) is 0 Å². The number of alkyl halides is 1. The van der Waals surface area contributed by atoms with Gasteiger partial charge >= 0.3 is 0 Å². The van der Waals surface area contributed by atoms with Crippen LogP contribution in [0.3, 0.4) is 0 Å². The van der Waals surface area contributed by atoms with Crippen LogP contribution in [0, 0.1) is 0 Å². The fourth-order valence-electron chi connectivity index (χ4n) is 4.56. The van der Waals surface area contributed by atoms with E-state index in [1.807, 2.05) is 0 Å². The summed E-state index contributed by atoms with van der Waals surface area (Å²) in [5, 5.41) is 0. The summed E-state index contributed by atoms with van der Waals surface area (Å²) < 4.78 is 14.0. The first-order valence-electron chi connectivity index (χ1n) is 14.4. The van der Waals surface area contributed by atoms with Crippen molar-refractivity contribution in [1.82, 2.24) is 0 Å². The average Bonchev–Trinajstić information content (AvgIpc) is 2.75. The Morgan fingerprint density at radius 2 is 0.533 bits per heavy atom. The summed E-state index contributed by atoms with van der Waals surface area (Å²) in [5.41, 5.74) is 0. The van der Waals surface area contributed by atoms with Gasteiger partial charge in [-0.2, -0.15) is 0 Å². The van der Waals surface area contributed by atoms with E-state index in [-0.39, 0.29) is 0 Å². The molecule has 0 fully saturated rings. The second-order valence-corrected chi connectivity index (χ2v) is 9.95. The maximum Gasteiger partial charge on any atom is 0.100 e. The van der Waals surface area contributed by atoms with E-state index in [4.69, 9.17) is 0 Å². The largest absolute Gasteiger partial charge is 0.247 e. The van der Waals surface area contributed by atoms with Crippen molar-refractivity contribution in [3.8, 4) is 0 Å². The number of rotatable bonds is 26. The standard InChI is InChI=1S/C29H59F/c1-3-5-7-9-11-13-14-15-16-17-18-20-22-24-26-28-29(30)27-25-23-21-19-12-10-8-6-4-2/h29H,3-28H2,1-2H3. The van der Waals surface area contributed by atoms with Gasteiger partial charge < -0.3 is 0 Å². The molecule has 0 nitrogen and oxygen atoms in total. The fraction of sp³-hybridized carbons (Fsp3) is 1.00. The lowest BCUT2D eigenvalue weighted by Crippen LogP contribution is -2.00. The van der Waals surface area contributed by atoms with Gasteiger partial charge in [0.25, 0.3) is 0 Å². The molecule has 0 bridgehead atoms. The third-order valence-electron chi connectivity index (χ3n) is 6.74. The smallest absolute Gasteiger partial charge is 0.100 e. The minimum Gasteiger partial charge on any atom is -0.247 e. The van der Waals surface area contributed by atoms with Crippen LogP contribution in [0.5, 0.6) is 0 Å². The minimum absolute atomic E-state index is 0.531. The lowest BCUT2D eigenvalue weighted by atomic mass is 10.0. The zero-order valence-electron chi connectivity index (χ0n) is 21.3. The Bertz CT molecular complexity index is 288. The van der Waals surface area contributed by atoms with Gasteiger partial charge in [0.2, 0.25) is 0 Å². The third kappa shape index (κ3) is 26.0. The molecule has 1 unspecified atom stereocenters. The Morgan fingerprint density at radius 3 is 0.767 bits per heavy atom. The lowest BCUT2D eigenvalue weighted by Gasteiger charge is -2.08. The van der Waals surface area contributed by atoms with E-state index in [0.717, 1.165) is 25.7 Å². The van der Waals surface area contributed by atoms with Gasteiger partial charge in [0.15, 0.2) is 0 Å². The van der Waals surface area contributed by atoms with Gasteiger partial charge in [-0.1, -0.05) is 168 Å². The first-order valence-corrected chi connectivity index (χ1v) is 14.4. The monoisotopic (exact) mass is 426 g/mol. The molecule has 0 rings (SSSR count). The molecular formula is C29H59F. The lowest BCUT2D eigenvalue weighted by molar-refractivity contribution is 0.279. The van der Waals surface area contributed by atoms with Gasteiger partial charge in [0, 0.05) is 0 Å². The topological polar surface area (TPSA) is 0 Å². The van der Waals surface area contributed by atoms with Crippen molar-refractivity contribution in [3.63, 3.8) is 0 Å². The number of unbranched alkanes of at least 4 members (excludes halogenated alkanes) is 22. The van der Waals surface area contributed by atoms with E-state index in [1.54, 1.807) is 0 Å². The van der Waals surface area contributed by atoms with Crippen molar-refractivity contribution < 1.29 is 4.39 Å². The summed E-state index contributed by atoms with van der Waals surface area (Å²) in [6, 6.07) is 0. The second kappa shape index (κ2) is 27.0. The summed E-state index contributed by atoms with van der Waals surface area (Å²) in [4.78, 5) is 0. The summed E-state index contributed by atoms with van der Waals surface area (Å²) >= 11 is 0. The first-order chi connectivity index (χ1) is 14.8. The summed E-state index contributed by atoms with van der Waals surface area (Å²) in [6.07, 6.45) is 33.8. The van der Waals surface area contributed by atoms with E-state index in [1.165, 1.54) is 141 Å². The van der Waals surface area contributed by atoms with Crippen LogP contribution in [0.2, 0.25) is 0 Å². The fourth-order valence-corrected chi connectivity index (χ4v) is 4.56. The molecular weight excluding hydrogens is 367 g/mol. The van der Waals surface area contributed by atoms with Crippen molar-refractivity contribution in [3.05, 3.63) is 0 Å². The predicted octanol–water partition coefficient (Wildman–Crippen LogP) is 11.5. The quantitative estimate of drug-likeness (QED) is 0.121. The molecule has 1 atom stereocenters. The first kappa shape index (κ1) is 29.9. The molecule has 182 valence electrons. The van der Waals surface area contributed by atoms with Crippen LogP contribution in [0.1, 0.15) is 181 Å². The zero-order chi connectivity index (χ0) is 22.0. The van der Waals surface area contributed by atoms with E-state index >= 15 is 0 Å². The third-order valence-corrected chi connectivity index (χ3v) is 6.74. The molecule has 0 saturated heterocycles. The number of halogens is 1. The van der Waals surface area contributed by atoms with Gasteiger partial charge in [-0.3, -0.25) is 0 Å². The average molecular weight is 427 g/mol. The highest BCUT2D eigenvalue weighted by Crippen LogP contribution is 2.17. The molecule has 0 aliphatic carbocycles. The molecule has 0 aromatic heterocycles. The molecule has 0 spiro atoms. The highest BCUT2D eigenvalue weighted by atomic mass is 19.1. The second-order valence-electron chi connectivity index (χ2n) is 9.95. The van der Waals surface area contributed by atoms with Crippen molar-refractivity contribution in [2.75, 3.05) is 0 Å².